The lowest BCUT2D eigenvalue weighted by Crippen LogP contribution is -2.44. The number of piperidine rings is 1. The fourth-order valence-electron chi connectivity index (χ4n) is 2.89. The number of nitrogens with one attached hydrogen (secondary N) is 1. The van der Waals surface area contributed by atoms with Gasteiger partial charge in [0.1, 0.15) is 0 Å². The van der Waals surface area contributed by atoms with Gasteiger partial charge >= 0.3 is 0 Å². The molecule has 0 unspecified atom stereocenters. The van der Waals surface area contributed by atoms with Crippen LogP contribution < -0.4 is 5.32 Å². The lowest BCUT2D eigenvalue weighted by atomic mass is 10.0. The van der Waals surface area contributed by atoms with Crippen LogP contribution in [0.2, 0.25) is 0 Å². The average molecular weight is 321 g/mol. The minimum Gasteiger partial charge on any atom is -0.353 e. The topological polar surface area (TPSA) is 32.3 Å². The summed E-state index contributed by atoms with van der Waals surface area (Å²) < 4.78 is 0. The molecule has 1 aliphatic heterocycles. The van der Waals surface area contributed by atoms with Gasteiger partial charge in [-0.05, 0) is 37.1 Å². The first kappa shape index (κ1) is 17.4. The Labute approximate surface area is 138 Å². The van der Waals surface area contributed by atoms with Crippen molar-refractivity contribution in [1.29, 1.82) is 0 Å². The highest BCUT2D eigenvalue weighted by Crippen LogP contribution is 2.17. The lowest BCUT2D eigenvalue weighted by molar-refractivity contribution is -0.122. The van der Waals surface area contributed by atoms with E-state index in [1.807, 2.05) is 0 Å². The Hall–Kier alpha value is -1.00. The highest BCUT2D eigenvalue weighted by atomic mass is 32.2. The SMILES string of the molecule is CS[C@H](C)CC(=O)NC1CCN(Cc2ccccc2C)CC1. The number of thioether (sulfide) groups is 1. The van der Waals surface area contributed by atoms with Gasteiger partial charge in [-0.3, -0.25) is 9.69 Å². The summed E-state index contributed by atoms with van der Waals surface area (Å²) in [5.41, 5.74) is 2.78. The van der Waals surface area contributed by atoms with Crippen LogP contribution in [-0.4, -0.2) is 41.4 Å². The number of hydrogen-bond donors (Lipinski definition) is 1. The Bertz CT molecular complexity index is 484. The Morgan fingerprint density at radius 3 is 2.68 bits per heavy atom. The van der Waals surface area contributed by atoms with Crippen molar-refractivity contribution in [1.82, 2.24) is 10.2 Å². The van der Waals surface area contributed by atoms with Crippen LogP contribution in [0.5, 0.6) is 0 Å². The Balaban J connectivity index is 1.74. The largest absolute Gasteiger partial charge is 0.353 e. The van der Waals surface area contributed by atoms with E-state index in [0.29, 0.717) is 17.7 Å². The van der Waals surface area contributed by atoms with Crippen LogP contribution >= 0.6 is 11.8 Å². The number of hydrogen-bond acceptors (Lipinski definition) is 3. The maximum atomic E-state index is 12.0. The van der Waals surface area contributed by atoms with E-state index >= 15 is 0 Å². The second-order valence-electron chi connectivity index (χ2n) is 6.29. The van der Waals surface area contributed by atoms with E-state index < -0.39 is 0 Å². The molecule has 1 atom stereocenters. The van der Waals surface area contributed by atoms with Crippen LogP contribution in [0.1, 0.15) is 37.3 Å². The van der Waals surface area contributed by atoms with Crippen molar-refractivity contribution in [2.24, 2.45) is 0 Å². The van der Waals surface area contributed by atoms with Crippen molar-refractivity contribution in [3.8, 4) is 0 Å². The molecule has 0 spiro atoms. The second-order valence-corrected chi connectivity index (χ2v) is 7.57. The van der Waals surface area contributed by atoms with E-state index in [-0.39, 0.29) is 5.91 Å². The summed E-state index contributed by atoms with van der Waals surface area (Å²) in [5.74, 6) is 0.208. The zero-order valence-electron chi connectivity index (χ0n) is 14.0. The van der Waals surface area contributed by atoms with Gasteiger partial charge in [-0.1, -0.05) is 31.2 Å². The molecule has 1 heterocycles. The third-order valence-electron chi connectivity index (χ3n) is 4.48. The summed E-state index contributed by atoms with van der Waals surface area (Å²) in [5, 5.41) is 3.60. The molecule has 0 radical (unpaired) electrons. The molecular formula is C18H28N2OS. The molecule has 4 heteroatoms. The maximum absolute atomic E-state index is 12.0. The van der Waals surface area contributed by atoms with Crippen LogP contribution in [0.15, 0.2) is 24.3 Å². The molecule has 1 saturated heterocycles. The predicted octanol–water partition coefficient (Wildman–Crippen LogP) is 3.22. The Kier molecular flexibility index (Phi) is 6.77. The average Bonchev–Trinajstić information content (AvgIpc) is 2.51. The smallest absolute Gasteiger partial charge is 0.221 e. The van der Waals surface area contributed by atoms with E-state index in [4.69, 9.17) is 0 Å². The van der Waals surface area contributed by atoms with Crippen LogP contribution in [0.25, 0.3) is 0 Å². The first-order valence-corrected chi connectivity index (χ1v) is 9.46. The van der Waals surface area contributed by atoms with Gasteiger partial charge in [0.2, 0.25) is 5.91 Å². The molecule has 1 aliphatic rings. The Morgan fingerprint density at radius 1 is 1.36 bits per heavy atom. The van der Waals surface area contributed by atoms with Crippen LogP contribution in [-0.2, 0) is 11.3 Å². The molecule has 22 heavy (non-hydrogen) atoms. The number of likely N-dealkylation sites (tertiary alicyclic amines) is 1. The van der Waals surface area contributed by atoms with Crippen molar-refractivity contribution >= 4 is 17.7 Å². The summed E-state index contributed by atoms with van der Waals surface area (Å²) in [7, 11) is 0. The van der Waals surface area contributed by atoms with Gasteiger partial charge in [-0.15, -0.1) is 0 Å². The van der Waals surface area contributed by atoms with Crippen molar-refractivity contribution in [3.63, 3.8) is 0 Å². The fourth-order valence-corrected chi connectivity index (χ4v) is 3.21. The third-order valence-corrected chi connectivity index (χ3v) is 5.45. The molecule has 2 rings (SSSR count). The standard InChI is InChI=1S/C18H28N2OS/c1-14-6-4-5-7-16(14)13-20-10-8-17(9-11-20)19-18(21)12-15(2)22-3/h4-7,15,17H,8-13H2,1-3H3,(H,19,21)/t15-/m1/s1. The molecule has 1 N–H and O–H groups in total. The first-order chi connectivity index (χ1) is 10.6. The van der Waals surface area contributed by atoms with Crippen LogP contribution in [0, 0.1) is 6.92 Å². The predicted molar refractivity (Wildman–Crippen MR) is 95.2 cm³/mol. The normalized spacial score (nSPS) is 18.1. The summed E-state index contributed by atoms with van der Waals surface area (Å²) in [4.78, 5) is 14.5. The Morgan fingerprint density at radius 2 is 2.05 bits per heavy atom. The summed E-state index contributed by atoms with van der Waals surface area (Å²) >= 11 is 1.75. The zero-order chi connectivity index (χ0) is 15.9. The van der Waals surface area contributed by atoms with Crippen molar-refractivity contribution < 1.29 is 4.79 Å². The number of carbonyl (C=O) groups is 1. The van der Waals surface area contributed by atoms with Gasteiger partial charge in [0.15, 0.2) is 0 Å². The van der Waals surface area contributed by atoms with E-state index in [1.165, 1.54) is 11.1 Å². The second kappa shape index (κ2) is 8.59. The van der Waals surface area contributed by atoms with Gasteiger partial charge in [0.05, 0.1) is 0 Å². The zero-order valence-corrected chi connectivity index (χ0v) is 14.8. The quantitative estimate of drug-likeness (QED) is 0.873. The van der Waals surface area contributed by atoms with Gasteiger partial charge < -0.3 is 5.32 Å². The molecule has 1 aromatic rings. The molecule has 1 amide bonds. The van der Waals surface area contributed by atoms with E-state index in [0.717, 1.165) is 32.5 Å². The maximum Gasteiger partial charge on any atom is 0.221 e. The van der Waals surface area contributed by atoms with E-state index in [9.17, 15) is 4.79 Å². The molecule has 3 nitrogen and oxygen atoms in total. The number of nitrogens with zero attached hydrogens (tertiary/aromatic N) is 1. The summed E-state index contributed by atoms with van der Waals surface area (Å²) in [6.07, 6.45) is 4.81. The van der Waals surface area contributed by atoms with Gasteiger partial charge in [-0.25, -0.2) is 0 Å². The number of amides is 1. The molecule has 1 fully saturated rings. The number of rotatable bonds is 6. The number of aryl methyl sites for hydroxylation is 1. The first-order valence-electron chi connectivity index (χ1n) is 8.17. The molecule has 122 valence electrons. The molecule has 0 aliphatic carbocycles. The molecular weight excluding hydrogens is 292 g/mol. The molecule has 0 aromatic heterocycles. The summed E-state index contributed by atoms with van der Waals surface area (Å²) in [6, 6.07) is 8.95. The van der Waals surface area contributed by atoms with Crippen LogP contribution in [0.3, 0.4) is 0 Å². The molecule has 0 saturated carbocycles. The number of carbonyl (C=O) groups excluding carboxylic acids is 1. The molecule has 1 aromatic carbocycles. The minimum absolute atomic E-state index is 0.208. The van der Waals surface area contributed by atoms with E-state index in [1.54, 1.807) is 11.8 Å². The van der Waals surface area contributed by atoms with Crippen molar-refractivity contribution in [2.75, 3.05) is 19.3 Å². The van der Waals surface area contributed by atoms with Crippen molar-refractivity contribution in [2.45, 2.75) is 50.9 Å². The highest BCUT2D eigenvalue weighted by Gasteiger charge is 2.21. The van der Waals surface area contributed by atoms with Gasteiger partial charge in [0, 0.05) is 37.3 Å². The van der Waals surface area contributed by atoms with Gasteiger partial charge in [0.25, 0.3) is 0 Å². The number of benzene rings is 1. The minimum atomic E-state index is 0.208. The summed E-state index contributed by atoms with van der Waals surface area (Å²) in [6.45, 7) is 7.44. The van der Waals surface area contributed by atoms with Gasteiger partial charge in [-0.2, -0.15) is 11.8 Å². The van der Waals surface area contributed by atoms with E-state index in [2.05, 4.69) is 54.6 Å². The molecule has 0 bridgehead atoms. The van der Waals surface area contributed by atoms with Crippen LogP contribution in [0.4, 0.5) is 0 Å². The van der Waals surface area contributed by atoms with Crippen molar-refractivity contribution in [3.05, 3.63) is 35.4 Å². The highest BCUT2D eigenvalue weighted by molar-refractivity contribution is 7.99. The third kappa shape index (κ3) is 5.33. The monoisotopic (exact) mass is 320 g/mol. The fraction of sp³-hybridized carbons (Fsp3) is 0.611. The lowest BCUT2D eigenvalue weighted by Gasteiger charge is -2.32.